The molecule has 0 fully saturated rings. The number of nitrogens with zero attached hydrogens (tertiary/aromatic N) is 1. The number of pyridine rings is 1. The van der Waals surface area contributed by atoms with Crippen molar-refractivity contribution in [3.05, 3.63) is 89.1 Å². The van der Waals surface area contributed by atoms with Crippen LogP contribution in [0.25, 0.3) is 0 Å². The van der Waals surface area contributed by atoms with E-state index in [4.69, 9.17) is 10.5 Å². The highest BCUT2D eigenvalue weighted by atomic mass is 16.5. The summed E-state index contributed by atoms with van der Waals surface area (Å²) in [4.78, 5) is 15.4. The number of ether oxygens (including phenoxy) is 1. The van der Waals surface area contributed by atoms with Crippen molar-refractivity contribution in [3.63, 3.8) is 0 Å². The van der Waals surface area contributed by atoms with Crippen molar-refractivity contribution in [2.45, 2.75) is 25.3 Å². The molecule has 0 saturated carbocycles. The second-order valence-corrected chi connectivity index (χ2v) is 6.96. The average molecular weight is 373 g/mol. The van der Waals surface area contributed by atoms with Crippen molar-refractivity contribution in [2.75, 3.05) is 6.54 Å². The van der Waals surface area contributed by atoms with E-state index in [1.54, 1.807) is 12.1 Å². The van der Waals surface area contributed by atoms with E-state index in [9.17, 15) is 4.79 Å². The summed E-state index contributed by atoms with van der Waals surface area (Å²) in [7, 11) is 0. The molecule has 5 heteroatoms. The highest BCUT2D eigenvalue weighted by Crippen LogP contribution is 2.38. The third kappa shape index (κ3) is 4.05. The molecule has 0 bridgehead atoms. The Morgan fingerprint density at radius 1 is 1.11 bits per heavy atom. The van der Waals surface area contributed by atoms with E-state index in [2.05, 4.69) is 40.6 Å². The van der Waals surface area contributed by atoms with Gasteiger partial charge in [0.25, 0.3) is 0 Å². The Labute approximate surface area is 164 Å². The van der Waals surface area contributed by atoms with Gasteiger partial charge in [-0.2, -0.15) is 0 Å². The van der Waals surface area contributed by atoms with E-state index in [1.165, 1.54) is 22.9 Å². The summed E-state index contributed by atoms with van der Waals surface area (Å²) in [5.41, 5.74) is 9.48. The van der Waals surface area contributed by atoms with E-state index in [0.717, 1.165) is 31.6 Å². The molecule has 0 spiro atoms. The number of aromatic nitrogens is 1. The summed E-state index contributed by atoms with van der Waals surface area (Å²) in [6.07, 6.45) is 4.47. The van der Waals surface area contributed by atoms with Crippen LogP contribution in [0, 0.1) is 0 Å². The van der Waals surface area contributed by atoms with E-state index in [0.29, 0.717) is 17.5 Å². The maximum absolute atomic E-state index is 11.2. The number of benzene rings is 2. The van der Waals surface area contributed by atoms with Gasteiger partial charge < -0.3 is 15.8 Å². The van der Waals surface area contributed by atoms with Crippen molar-refractivity contribution in [1.82, 2.24) is 10.3 Å². The molecule has 5 nitrogen and oxygen atoms in total. The lowest BCUT2D eigenvalue weighted by molar-refractivity contribution is 0.1000. The van der Waals surface area contributed by atoms with Gasteiger partial charge in [-0.05, 0) is 54.6 Å². The topological polar surface area (TPSA) is 77.2 Å². The maximum atomic E-state index is 11.2. The van der Waals surface area contributed by atoms with Gasteiger partial charge in [0.05, 0.1) is 5.56 Å². The Morgan fingerprint density at radius 3 is 2.71 bits per heavy atom. The molecule has 1 aliphatic rings. The SMILES string of the molecule is NC(=O)c1ccc(Oc2cccc3c2CCC3NCCc2ccccc2)nc1. The lowest BCUT2D eigenvalue weighted by Crippen LogP contribution is -2.21. The average Bonchev–Trinajstić information content (AvgIpc) is 3.13. The molecule has 28 heavy (non-hydrogen) atoms. The van der Waals surface area contributed by atoms with Gasteiger partial charge in [-0.25, -0.2) is 4.98 Å². The van der Waals surface area contributed by atoms with Crippen LogP contribution in [-0.2, 0) is 12.8 Å². The largest absolute Gasteiger partial charge is 0.439 e. The molecule has 0 saturated heterocycles. The summed E-state index contributed by atoms with van der Waals surface area (Å²) in [6.45, 7) is 0.940. The van der Waals surface area contributed by atoms with Gasteiger partial charge in [0.2, 0.25) is 11.8 Å². The second kappa shape index (κ2) is 8.23. The molecular formula is C23H23N3O2. The number of carbonyl (C=O) groups is 1. The first-order valence-electron chi connectivity index (χ1n) is 9.53. The van der Waals surface area contributed by atoms with Crippen LogP contribution < -0.4 is 15.8 Å². The fourth-order valence-electron chi connectivity index (χ4n) is 3.66. The quantitative estimate of drug-likeness (QED) is 0.660. The van der Waals surface area contributed by atoms with E-state index >= 15 is 0 Å². The second-order valence-electron chi connectivity index (χ2n) is 6.96. The van der Waals surface area contributed by atoms with Gasteiger partial charge in [0, 0.05) is 18.3 Å². The Balaban J connectivity index is 1.42. The van der Waals surface area contributed by atoms with Crippen molar-refractivity contribution in [2.24, 2.45) is 5.73 Å². The summed E-state index contributed by atoms with van der Waals surface area (Å²) in [5, 5.41) is 3.67. The van der Waals surface area contributed by atoms with Crippen LogP contribution in [0.1, 0.15) is 39.5 Å². The number of primary amides is 1. The summed E-state index contributed by atoms with van der Waals surface area (Å²) in [6, 6.07) is 20.3. The van der Waals surface area contributed by atoms with Crippen molar-refractivity contribution in [1.29, 1.82) is 0 Å². The predicted octanol–water partition coefficient (Wildman–Crippen LogP) is 3.79. The molecule has 3 aromatic rings. The van der Waals surface area contributed by atoms with Crippen LogP contribution in [0.4, 0.5) is 0 Å². The number of fused-ring (bicyclic) bond motifs is 1. The van der Waals surface area contributed by atoms with Crippen LogP contribution in [0.3, 0.4) is 0 Å². The Bertz CT molecular complexity index is 955. The fraction of sp³-hybridized carbons (Fsp3) is 0.217. The molecule has 1 heterocycles. The molecule has 4 rings (SSSR count). The maximum Gasteiger partial charge on any atom is 0.250 e. The molecule has 3 N–H and O–H groups in total. The molecule has 1 aromatic heterocycles. The smallest absolute Gasteiger partial charge is 0.250 e. The van der Waals surface area contributed by atoms with Gasteiger partial charge in [-0.15, -0.1) is 0 Å². The molecule has 1 unspecified atom stereocenters. The fourth-order valence-corrected chi connectivity index (χ4v) is 3.66. The number of nitrogens with one attached hydrogen (secondary N) is 1. The summed E-state index contributed by atoms with van der Waals surface area (Å²) in [5.74, 6) is 0.784. The van der Waals surface area contributed by atoms with Crippen LogP contribution in [-0.4, -0.2) is 17.4 Å². The van der Waals surface area contributed by atoms with E-state index in [-0.39, 0.29) is 0 Å². The molecule has 1 aliphatic carbocycles. The monoisotopic (exact) mass is 373 g/mol. The van der Waals surface area contributed by atoms with Gasteiger partial charge >= 0.3 is 0 Å². The molecule has 0 radical (unpaired) electrons. The first-order valence-corrected chi connectivity index (χ1v) is 9.53. The standard InChI is InChI=1S/C23H23N3O2/c24-23(27)17-9-12-22(26-15-17)28-21-8-4-7-18-19(21)10-11-20(18)25-14-13-16-5-2-1-3-6-16/h1-9,12,15,20,25H,10-11,13-14H2,(H2,24,27). The van der Waals surface area contributed by atoms with Gasteiger partial charge in [-0.3, -0.25) is 4.79 Å². The Morgan fingerprint density at radius 2 is 1.96 bits per heavy atom. The van der Waals surface area contributed by atoms with Crippen molar-refractivity contribution >= 4 is 5.91 Å². The minimum Gasteiger partial charge on any atom is -0.439 e. The normalized spacial score (nSPS) is 15.2. The van der Waals surface area contributed by atoms with E-state index in [1.807, 2.05) is 18.2 Å². The molecular weight excluding hydrogens is 350 g/mol. The molecule has 1 atom stereocenters. The number of amides is 1. The lowest BCUT2D eigenvalue weighted by atomic mass is 10.1. The predicted molar refractivity (Wildman–Crippen MR) is 108 cm³/mol. The first kappa shape index (κ1) is 18.2. The number of hydrogen-bond acceptors (Lipinski definition) is 4. The molecule has 1 amide bonds. The number of rotatable bonds is 7. The Kier molecular flexibility index (Phi) is 5.35. The zero-order valence-electron chi connectivity index (χ0n) is 15.6. The lowest BCUT2D eigenvalue weighted by Gasteiger charge is -2.15. The van der Waals surface area contributed by atoms with Gasteiger partial charge in [0.1, 0.15) is 5.75 Å². The minimum atomic E-state index is -0.496. The zero-order chi connectivity index (χ0) is 19.3. The van der Waals surface area contributed by atoms with Crippen LogP contribution in [0.5, 0.6) is 11.6 Å². The number of nitrogens with two attached hydrogens (primary N) is 1. The number of hydrogen-bond donors (Lipinski definition) is 2. The minimum absolute atomic E-state index is 0.340. The van der Waals surface area contributed by atoms with Crippen molar-refractivity contribution < 1.29 is 9.53 Å². The third-order valence-corrected chi connectivity index (χ3v) is 5.11. The highest BCUT2D eigenvalue weighted by molar-refractivity contribution is 5.92. The van der Waals surface area contributed by atoms with Crippen LogP contribution in [0.15, 0.2) is 66.9 Å². The third-order valence-electron chi connectivity index (χ3n) is 5.11. The van der Waals surface area contributed by atoms with Crippen LogP contribution >= 0.6 is 0 Å². The van der Waals surface area contributed by atoms with Crippen LogP contribution in [0.2, 0.25) is 0 Å². The first-order chi connectivity index (χ1) is 13.7. The van der Waals surface area contributed by atoms with Gasteiger partial charge in [0.15, 0.2) is 0 Å². The zero-order valence-corrected chi connectivity index (χ0v) is 15.6. The van der Waals surface area contributed by atoms with Crippen molar-refractivity contribution in [3.8, 4) is 11.6 Å². The summed E-state index contributed by atoms with van der Waals surface area (Å²) < 4.78 is 5.99. The number of carbonyl (C=O) groups excluding carboxylic acids is 1. The summed E-state index contributed by atoms with van der Waals surface area (Å²) >= 11 is 0. The Hall–Kier alpha value is -3.18. The van der Waals surface area contributed by atoms with E-state index < -0.39 is 5.91 Å². The molecule has 142 valence electrons. The highest BCUT2D eigenvalue weighted by Gasteiger charge is 2.25. The molecule has 2 aromatic carbocycles. The molecule has 0 aliphatic heterocycles. The van der Waals surface area contributed by atoms with Gasteiger partial charge in [-0.1, -0.05) is 42.5 Å².